The molecule has 0 aliphatic carbocycles. The first-order valence-corrected chi connectivity index (χ1v) is 3.23. The zero-order valence-electron chi connectivity index (χ0n) is 4.33. The summed E-state index contributed by atoms with van der Waals surface area (Å²) in [6.45, 7) is 0. The van der Waals surface area contributed by atoms with Crippen molar-refractivity contribution in [1.82, 2.24) is 5.32 Å². The van der Waals surface area contributed by atoms with Crippen LogP contribution in [0.2, 0.25) is 0 Å². The Bertz CT molecular complexity index is 139. The van der Waals surface area contributed by atoms with Gasteiger partial charge >= 0.3 is 6.18 Å². The van der Waals surface area contributed by atoms with Crippen molar-refractivity contribution in [3.63, 3.8) is 0 Å². The van der Waals surface area contributed by atoms with Gasteiger partial charge in [-0.2, -0.15) is 13.2 Å². The minimum Gasteiger partial charge on any atom is -0.381 e. The molecule has 0 aromatic carbocycles. The fourth-order valence-electron chi connectivity index (χ4n) is 0.459. The highest BCUT2D eigenvalue weighted by molar-refractivity contribution is 8.03. The molecule has 0 unspecified atom stereocenters. The lowest BCUT2D eigenvalue weighted by molar-refractivity contribution is -0.0836. The average molecular weight is 155 g/mol. The standard InChI is InChI=1S/C4H4F3NS/c5-4(6,7)3-1-8-2-9-3/h1,8H,2H2. The largest absolute Gasteiger partial charge is 0.423 e. The maximum atomic E-state index is 11.6. The zero-order valence-corrected chi connectivity index (χ0v) is 5.14. The minimum absolute atomic E-state index is 0.328. The van der Waals surface area contributed by atoms with Crippen molar-refractivity contribution in [2.45, 2.75) is 6.18 Å². The predicted octanol–water partition coefficient (Wildman–Crippen LogP) is 1.68. The van der Waals surface area contributed by atoms with E-state index in [-0.39, 0.29) is 0 Å². The lowest BCUT2D eigenvalue weighted by atomic mass is 10.6. The molecule has 1 aliphatic rings. The van der Waals surface area contributed by atoms with Gasteiger partial charge in [-0.15, -0.1) is 0 Å². The third-order valence-electron chi connectivity index (χ3n) is 0.824. The number of thioether (sulfide) groups is 1. The van der Waals surface area contributed by atoms with Crippen molar-refractivity contribution in [1.29, 1.82) is 0 Å². The van der Waals surface area contributed by atoms with Crippen LogP contribution in [-0.4, -0.2) is 12.1 Å². The molecule has 0 saturated carbocycles. The summed E-state index contributed by atoms with van der Waals surface area (Å²) in [5, 5.41) is 2.46. The first-order chi connectivity index (χ1) is 4.11. The molecule has 1 nitrogen and oxygen atoms in total. The number of hydrogen-bond donors (Lipinski definition) is 1. The quantitative estimate of drug-likeness (QED) is 0.571. The van der Waals surface area contributed by atoms with Crippen LogP contribution in [0.4, 0.5) is 13.2 Å². The van der Waals surface area contributed by atoms with Crippen LogP contribution in [0.5, 0.6) is 0 Å². The second kappa shape index (κ2) is 2.13. The Balaban J connectivity index is 2.61. The van der Waals surface area contributed by atoms with Crippen LogP contribution in [0.1, 0.15) is 0 Å². The number of hydrogen-bond acceptors (Lipinski definition) is 2. The Morgan fingerprint density at radius 2 is 2.22 bits per heavy atom. The molecule has 1 heterocycles. The summed E-state index contributed by atoms with van der Waals surface area (Å²) < 4.78 is 34.9. The van der Waals surface area contributed by atoms with Gasteiger partial charge < -0.3 is 5.32 Å². The molecule has 0 saturated heterocycles. The van der Waals surface area contributed by atoms with Crippen LogP contribution in [0.15, 0.2) is 11.1 Å². The average Bonchev–Trinajstić information content (AvgIpc) is 2.08. The molecule has 5 heteroatoms. The molecule has 0 aromatic rings. The van der Waals surface area contributed by atoms with Gasteiger partial charge in [0, 0.05) is 6.20 Å². The summed E-state index contributed by atoms with van der Waals surface area (Å²) in [5.41, 5.74) is 0. The third kappa shape index (κ3) is 1.54. The summed E-state index contributed by atoms with van der Waals surface area (Å²) in [6.07, 6.45) is -3.17. The van der Waals surface area contributed by atoms with Crippen molar-refractivity contribution in [2.75, 3.05) is 5.88 Å². The third-order valence-corrected chi connectivity index (χ3v) is 1.79. The van der Waals surface area contributed by atoms with Crippen molar-refractivity contribution in [3.05, 3.63) is 11.1 Å². The van der Waals surface area contributed by atoms with Gasteiger partial charge in [-0.25, -0.2) is 0 Å². The first-order valence-electron chi connectivity index (χ1n) is 2.24. The number of rotatable bonds is 0. The van der Waals surface area contributed by atoms with Gasteiger partial charge in [-0.3, -0.25) is 0 Å². The fourth-order valence-corrected chi connectivity index (χ4v) is 1.11. The van der Waals surface area contributed by atoms with Gasteiger partial charge in [0.25, 0.3) is 0 Å². The Morgan fingerprint density at radius 3 is 2.44 bits per heavy atom. The highest BCUT2D eigenvalue weighted by atomic mass is 32.2. The second-order valence-electron chi connectivity index (χ2n) is 1.50. The van der Waals surface area contributed by atoms with E-state index in [1.165, 1.54) is 0 Å². The molecule has 0 fully saturated rings. The Morgan fingerprint density at radius 1 is 1.56 bits per heavy atom. The van der Waals surface area contributed by atoms with E-state index < -0.39 is 11.1 Å². The number of alkyl halides is 3. The molecule has 9 heavy (non-hydrogen) atoms. The number of halogens is 3. The van der Waals surface area contributed by atoms with Gasteiger partial charge in [0.1, 0.15) is 4.91 Å². The molecule has 1 rings (SSSR count). The number of allylic oxidation sites excluding steroid dienone is 1. The summed E-state index contributed by atoms with van der Waals surface area (Å²) in [4.78, 5) is -0.539. The van der Waals surface area contributed by atoms with Crippen molar-refractivity contribution >= 4 is 11.8 Å². The maximum absolute atomic E-state index is 11.6. The van der Waals surface area contributed by atoms with E-state index in [9.17, 15) is 13.2 Å². The second-order valence-corrected chi connectivity index (χ2v) is 2.52. The molecule has 0 spiro atoms. The van der Waals surface area contributed by atoms with E-state index in [0.29, 0.717) is 5.88 Å². The lowest BCUT2D eigenvalue weighted by Crippen LogP contribution is -2.07. The minimum atomic E-state index is -4.16. The van der Waals surface area contributed by atoms with Crippen LogP contribution in [0, 0.1) is 0 Å². The maximum Gasteiger partial charge on any atom is 0.423 e. The van der Waals surface area contributed by atoms with Crippen molar-refractivity contribution < 1.29 is 13.2 Å². The van der Waals surface area contributed by atoms with E-state index in [1.54, 1.807) is 0 Å². The van der Waals surface area contributed by atoms with Gasteiger partial charge in [-0.05, 0) is 0 Å². The molecule has 1 N–H and O–H groups in total. The molecular weight excluding hydrogens is 151 g/mol. The summed E-state index contributed by atoms with van der Waals surface area (Å²) in [5.74, 6) is 0.328. The van der Waals surface area contributed by atoms with E-state index in [2.05, 4.69) is 5.32 Å². The molecule has 0 bridgehead atoms. The van der Waals surface area contributed by atoms with Gasteiger partial charge in [-0.1, -0.05) is 11.8 Å². The van der Waals surface area contributed by atoms with E-state index >= 15 is 0 Å². The summed E-state index contributed by atoms with van der Waals surface area (Å²) >= 11 is 0.774. The molecule has 0 atom stereocenters. The smallest absolute Gasteiger partial charge is 0.381 e. The monoisotopic (exact) mass is 155 g/mol. The van der Waals surface area contributed by atoms with E-state index in [4.69, 9.17) is 0 Å². The summed E-state index contributed by atoms with van der Waals surface area (Å²) in [6, 6.07) is 0. The molecule has 0 aromatic heterocycles. The molecule has 0 radical (unpaired) electrons. The van der Waals surface area contributed by atoms with Crippen LogP contribution in [0.25, 0.3) is 0 Å². The lowest BCUT2D eigenvalue weighted by Gasteiger charge is -2.02. The highest BCUT2D eigenvalue weighted by Gasteiger charge is 2.35. The normalized spacial score (nSPS) is 19.2. The van der Waals surface area contributed by atoms with Crippen LogP contribution in [-0.2, 0) is 0 Å². The molecule has 0 amide bonds. The molecule has 1 aliphatic heterocycles. The predicted molar refractivity (Wildman–Crippen MR) is 29.7 cm³/mol. The van der Waals surface area contributed by atoms with Gasteiger partial charge in [0.05, 0.1) is 5.88 Å². The topological polar surface area (TPSA) is 12.0 Å². The van der Waals surface area contributed by atoms with Crippen molar-refractivity contribution in [2.24, 2.45) is 0 Å². The highest BCUT2D eigenvalue weighted by Crippen LogP contribution is 2.35. The SMILES string of the molecule is FC(F)(F)C1=CNCS1. The van der Waals surface area contributed by atoms with E-state index in [0.717, 1.165) is 18.0 Å². The Kier molecular flexibility index (Phi) is 1.61. The van der Waals surface area contributed by atoms with Crippen LogP contribution >= 0.6 is 11.8 Å². The number of nitrogens with one attached hydrogen (secondary N) is 1. The first kappa shape index (κ1) is 6.80. The Labute approximate surface area is 54.3 Å². The van der Waals surface area contributed by atoms with Gasteiger partial charge in [0.15, 0.2) is 0 Å². The fraction of sp³-hybridized carbons (Fsp3) is 0.500. The molecule has 52 valence electrons. The van der Waals surface area contributed by atoms with Crippen LogP contribution < -0.4 is 5.32 Å². The van der Waals surface area contributed by atoms with Crippen LogP contribution in [0.3, 0.4) is 0 Å². The zero-order chi connectivity index (χ0) is 6.91. The molecular formula is C4H4F3NS. The van der Waals surface area contributed by atoms with Gasteiger partial charge in [0.2, 0.25) is 0 Å². The Hall–Kier alpha value is -0.320. The summed E-state index contributed by atoms with van der Waals surface area (Å²) in [7, 11) is 0. The van der Waals surface area contributed by atoms with E-state index in [1.807, 2.05) is 0 Å². The van der Waals surface area contributed by atoms with Crippen molar-refractivity contribution in [3.8, 4) is 0 Å².